The maximum atomic E-state index is 13.1. The number of aliphatic hydroxyl groups excluding tert-OH is 1. The van der Waals surface area contributed by atoms with Gasteiger partial charge in [0.1, 0.15) is 19.3 Å². The molecule has 17 nitrogen and oxygen atoms in total. The second-order valence-electron chi connectivity index (χ2n) is 30.5. The number of unbranched alkanes of at least 4 members (excludes halogenated alkanes) is 42. The summed E-state index contributed by atoms with van der Waals surface area (Å²) in [6.07, 6.45) is 55.5. The van der Waals surface area contributed by atoms with Crippen LogP contribution in [0.2, 0.25) is 0 Å². The Balaban J connectivity index is 5.26. The zero-order valence-corrected chi connectivity index (χ0v) is 66.9. The standard InChI is InChI=1S/C80H156O17P2/c1-9-73(8)59-51-43-38-39-45-53-61-78(83)91-67-76(97-80(85)63-55-47-37-31-25-19-18-22-28-34-42-50-58-72(6)7)69-95-99(88,89)93-65-74(81)64-92-98(86,87)94-68-75(66-90-77(82)60-52-44-35-29-23-17-13-15-21-27-33-41-49-57-71(4)5)96-79(84)62-54-46-36-30-24-16-12-10-11-14-20-26-32-40-48-56-70(2)3/h70-76,81H,9-69H2,1-8H3,(H,86,87)(H,88,89)/t73?,74-,75-,76-/m1/s1. The van der Waals surface area contributed by atoms with Gasteiger partial charge in [0, 0.05) is 25.7 Å². The Morgan fingerprint density at radius 3 is 0.717 bits per heavy atom. The van der Waals surface area contributed by atoms with Gasteiger partial charge in [-0.1, -0.05) is 357 Å². The molecule has 3 N–H and O–H groups in total. The molecule has 6 atom stereocenters. The zero-order chi connectivity index (χ0) is 73.1. The minimum absolute atomic E-state index is 0.106. The van der Waals surface area contributed by atoms with Gasteiger partial charge >= 0.3 is 39.5 Å². The van der Waals surface area contributed by atoms with Crippen molar-refractivity contribution in [1.29, 1.82) is 0 Å². The number of carbonyl (C=O) groups excluding carboxylic acids is 4. The number of carbonyl (C=O) groups is 4. The van der Waals surface area contributed by atoms with E-state index < -0.39 is 97.5 Å². The second kappa shape index (κ2) is 69.1. The molecule has 0 aromatic carbocycles. The fourth-order valence-corrected chi connectivity index (χ4v) is 13.8. The third kappa shape index (κ3) is 72.8. The van der Waals surface area contributed by atoms with Gasteiger partial charge in [0.05, 0.1) is 26.4 Å². The summed E-state index contributed by atoms with van der Waals surface area (Å²) in [5.74, 6) is 0.986. The number of phosphoric acid groups is 2. The van der Waals surface area contributed by atoms with E-state index in [9.17, 15) is 43.2 Å². The Bertz CT molecular complexity index is 1940. The summed E-state index contributed by atoms with van der Waals surface area (Å²) in [6, 6.07) is 0. The van der Waals surface area contributed by atoms with E-state index in [2.05, 4.69) is 55.4 Å². The molecule has 0 spiro atoms. The van der Waals surface area contributed by atoms with E-state index in [1.165, 1.54) is 205 Å². The highest BCUT2D eigenvalue weighted by molar-refractivity contribution is 7.47. The highest BCUT2D eigenvalue weighted by atomic mass is 31.2. The highest BCUT2D eigenvalue weighted by Gasteiger charge is 2.30. The average molecular weight is 1450 g/mol. The molecule has 0 aromatic rings. The van der Waals surface area contributed by atoms with Crippen molar-refractivity contribution >= 4 is 39.5 Å². The molecule has 3 unspecified atom stereocenters. The van der Waals surface area contributed by atoms with Gasteiger partial charge in [-0.25, -0.2) is 9.13 Å². The van der Waals surface area contributed by atoms with Crippen LogP contribution in [0, 0.1) is 23.7 Å². The summed E-state index contributed by atoms with van der Waals surface area (Å²) < 4.78 is 68.7. The largest absolute Gasteiger partial charge is 0.472 e. The Hall–Kier alpha value is -1.94. The van der Waals surface area contributed by atoms with Crippen molar-refractivity contribution in [2.45, 2.75) is 427 Å². The summed E-state index contributed by atoms with van der Waals surface area (Å²) in [5, 5.41) is 10.6. The predicted octanol–water partition coefficient (Wildman–Crippen LogP) is 23.6. The third-order valence-electron chi connectivity index (χ3n) is 18.9. The van der Waals surface area contributed by atoms with Crippen molar-refractivity contribution in [3.63, 3.8) is 0 Å². The smallest absolute Gasteiger partial charge is 0.462 e. The number of hydrogen-bond donors (Lipinski definition) is 3. The normalized spacial score (nSPS) is 14.3. The maximum Gasteiger partial charge on any atom is 0.472 e. The summed E-state index contributed by atoms with van der Waals surface area (Å²) in [4.78, 5) is 73.0. The molecule has 19 heteroatoms. The minimum Gasteiger partial charge on any atom is -0.462 e. The lowest BCUT2D eigenvalue weighted by molar-refractivity contribution is -0.161. The Labute approximate surface area is 607 Å². The van der Waals surface area contributed by atoms with Crippen molar-refractivity contribution in [3.8, 4) is 0 Å². The zero-order valence-electron chi connectivity index (χ0n) is 65.1. The highest BCUT2D eigenvalue weighted by Crippen LogP contribution is 2.45. The molecule has 0 bridgehead atoms. The lowest BCUT2D eigenvalue weighted by Gasteiger charge is -2.21. The summed E-state index contributed by atoms with van der Waals surface area (Å²) >= 11 is 0. The topological polar surface area (TPSA) is 237 Å². The first-order chi connectivity index (χ1) is 47.6. The number of esters is 4. The van der Waals surface area contributed by atoms with Crippen LogP contribution in [0.1, 0.15) is 409 Å². The lowest BCUT2D eigenvalue weighted by atomic mass is 10.00. The van der Waals surface area contributed by atoms with E-state index in [1.807, 2.05) is 0 Å². The second-order valence-corrected chi connectivity index (χ2v) is 33.4. The van der Waals surface area contributed by atoms with E-state index in [0.29, 0.717) is 25.7 Å². The molecule has 0 aliphatic carbocycles. The van der Waals surface area contributed by atoms with Crippen LogP contribution in [0.4, 0.5) is 0 Å². The van der Waals surface area contributed by atoms with Gasteiger partial charge in [0.15, 0.2) is 12.2 Å². The van der Waals surface area contributed by atoms with Crippen LogP contribution in [-0.4, -0.2) is 96.7 Å². The summed E-state index contributed by atoms with van der Waals surface area (Å²) in [5.41, 5.74) is 0. The fourth-order valence-electron chi connectivity index (χ4n) is 12.2. The van der Waals surface area contributed by atoms with Crippen molar-refractivity contribution in [2.75, 3.05) is 39.6 Å². The number of hydrogen-bond acceptors (Lipinski definition) is 15. The van der Waals surface area contributed by atoms with E-state index in [4.69, 9.17) is 37.0 Å². The number of phosphoric ester groups is 2. The van der Waals surface area contributed by atoms with Gasteiger partial charge in [-0.05, 0) is 49.4 Å². The quantitative estimate of drug-likeness (QED) is 0.0222. The molecule has 0 aliphatic heterocycles. The van der Waals surface area contributed by atoms with E-state index in [1.54, 1.807) is 0 Å². The number of aliphatic hydroxyl groups is 1. The third-order valence-corrected chi connectivity index (χ3v) is 20.8. The fraction of sp³-hybridized carbons (Fsp3) is 0.950. The van der Waals surface area contributed by atoms with Crippen LogP contribution < -0.4 is 0 Å². The average Bonchev–Trinajstić information content (AvgIpc) is 1.22. The Kier molecular flexibility index (Phi) is 67.8. The van der Waals surface area contributed by atoms with Crippen LogP contribution in [0.5, 0.6) is 0 Å². The van der Waals surface area contributed by atoms with Crippen molar-refractivity contribution in [1.82, 2.24) is 0 Å². The van der Waals surface area contributed by atoms with Crippen molar-refractivity contribution in [3.05, 3.63) is 0 Å². The molecule has 0 aliphatic rings. The first kappa shape index (κ1) is 97.1. The predicted molar refractivity (Wildman–Crippen MR) is 404 cm³/mol. The van der Waals surface area contributed by atoms with Crippen molar-refractivity contribution < 1.29 is 80.2 Å². The molecule has 0 amide bonds. The molecule has 0 radical (unpaired) electrons. The molecule has 0 heterocycles. The van der Waals surface area contributed by atoms with Crippen LogP contribution in [-0.2, 0) is 65.4 Å². The van der Waals surface area contributed by atoms with E-state index in [0.717, 1.165) is 120 Å². The van der Waals surface area contributed by atoms with Gasteiger partial charge < -0.3 is 33.8 Å². The van der Waals surface area contributed by atoms with Crippen molar-refractivity contribution in [2.24, 2.45) is 23.7 Å². The molecule has 99 heavy (non-hydrogen) atoms. The van der Waals surface area contributed by atoms with Crippen LogP contribution in [0.25, 0.3) is 0 Å². The van der Waals surface area contributed by atoms with Gasteiger partial charge in [0.25, 0.3) is 0 Å². The molecule has 588 valence electrons. The lowest BCUT2D eigenvalue weighted by Crippen LogP contribution is -2.30. The molecule has 0 fully saturated rings. The van der Waals surface area contributed by atoms with Crippen LogP contribution >= 0.6 is 15.6 Å². The summed E-state index contributed by atoms with van der Waals surface area (Å²) in [6.45, 7) is 14.3. The van der Waals surface area contributed by atoms with Gasteiger partial charge in [-0.3, -0.25) is 37.3 Å². The monoisotopic (exact) mass is 1450 g/mol. The van der Waals surface area contributed by atoms with Gasteiger partial charge in [-0.2, -0.15) is 0 Å². The van der Waals surface area contributed by atoms with Crippen LogP contribution in [0.3, 0.4) is 0 Å². The van der Waals surface area contributed by atoms with Gasteiger partial charge in [0.2, 0.25) is 0 Å². The van der Waals surface area contributed by atoms with E-state index >= 15 is 0 Å². The Morgan fingerprint density at radius 2 is 0.485 bits per heavy atom. The van der Waals surface area contributed by atoms with Gasteiger partial charge in [-0.15, -0.1) is 0 Å². The Morgan fingerprint density at radius 1 is 0.283 bits per heavy atom. The first-order valence-corrected chi connectivity index (χ1v) is 44.2. The molecule has 0 rings (SSSR count). The first-order valence-electron chi connectivity index (χ1n) is 41.2. The minimum atomic E-state index is -4.96. The SMILES string of the molecule is CCC(C)CCCCCCCCC(=O)OC[C@H](COP(=O)(O)OC[C@H](O)COP(=O)(O)OC[C@@H](COC(=O)CCCCCCCCCCCCCCCC(C)C)OC(=O)CCCCCCCCCCCCCCCCCC(C)C)OC(=O)CCCCCCCCCCCCCCC(C)C. The molecule has 0 saturated carbocycles. The number of rotatable bonds is 77. The molecule has 0 saturated heterocycles. The maximum absolute atomic E-state index is 13.1. The van der Waals surface area contributed by atoms with E-state index in [-0.39, 0.29) is 25.7 Å². The molecular weight excluding hydrogens is 1290 g/mol. The molecular formula is C80H156O17P2. The van der Waals surface area contributed by atoms with Crippen LogP contribution in [0.15, 0.2) is 0 Å². The number of ether oxygens (including phenoxy) is 4. The molecule has 0 aromatic heterocycles. The summed E-state index contributed by atoms with van der Waals surface area (Å²) in [7, 11) is -9.92.